The summed E-state index contributed by atoms with van der Waals surface area (Å²) in [7, 11) is 0. The average Bonchev–Trinajstić information content (AvgIpc) is 2.89. The van der Waals surface area contributed by atoms with E-state index in [0.29, 0.717) is 32.1 Å². The van der Waals surface area contributed by atoms with E-state index in [1.807, 2.05) is 24.3 Å². The number of carboxylic acids is 1. The first-order valence-electron chi connectivity index (χ1n) is 8.85. The molecule has 0 unspecified atom stereocenters. The fourth-order valence-corrected chi connectivity index (χ4v) is 2.66. The van der Waals surface area contributed by atoms with Crippen molar-refractivity contribution in [1.82, 2.24) is 0 Å². The lowest BCUT2D eigenvalue weighted by Gasteiger charge is -2.08. The normalized spacial score (nSPS) is 18.8. The number of carbonyl (C=O) groups excluding carboxylic acids is 2. The highest BCUT2D eigenvalue weighted by Gasteiger charge is 2.23. The van der Waals surface area contributed by atoms with Gasteiger partial charge in [-0.2, -0.15) is 0 Å². The fourth-order valence-electron chi connectivity index (χ4n) is 2.66. The molecule has 0 aromatic rings. The minimum absolute atomic E-state index is 0.0786. The number of aliphatic carboxylic acids is 1. The smallest absolute Gasteiger partial charge is 0.303 e. The molecule has 0 aliphatic heterocycles. The van der Waals surface area contributed by atoms with Gasteiger partial charge in [0, 0.05) is 25.2 Å². The van der Waals surface area contributed by atoms with Gasteiger partial charge in [0.2, 0.25) is 0 Å². The number of Topliss-reactive ketones (excluding diaryl/α,β-unsaturated/α-hetero) is 1. The molecule has 0 fully saturated rings. The molecular weight excluding hydrogens is 304 g/mol. The zero-order chi connectivity index (χ0) is 17.8. The summed E-state index contributed by atoms with van der Waals surface area (Å²) in [5, 5.41) is 8.57. The molecular formula is C20H28O4. The standard InChI is InChI=1S/C20H28O4/c1-2-3-6-9-17(21)14-12-16-13-15-19(22)18(16)10-7-4-5-8-11-20(23)24/h4,7,12-13,15,18H,2-3,5-6,8-11,14H2,1H3,(H,23,24)/t18-/m1/s1. The van der Waals surface area contributed by atoms with E-state index in [1.165, 1.54) is 0 Å². The number of carbonyl (C=O) groups is 3. The largest absolute Gasteiger partial charge is 0.481 e. The van der Waals surface area contributed by atoms with Crippen molar-refractivity contribution in [2.75, 3.05) is 0 Å². The van der Waals surface area contributed by atoms with Gasteiger partial charge in [0.05, 0.1) is 0 Å². The van der Waals surface area contributed by atoms with Gasteiger partial charge in [0.25, 0.3) is 0 Å². The molecule has 1 N–H and O–H groups in total. The second-order valence-electron chi connectivity index (χ2n) is 6.19. The molecule has 0 aromatic carbocycles. The molecule has 4 nitrogen and oxygen atoms in total. The lowest BCUT2D eigenvalue weighted by atomic mass is 9.95. The minimum Gasteiger partial charge on any atom is -0.481 e. The van der Waals surface area contributed by atoms with Gasteiger partial charge in [-0.15, -0.1) is 0 Å². The molecule has 0 heterocycles. The zero-order valence-corrected chi connectivity index (χ0v) is 14.5. The molecule has 0 spiro atoms. The summed E-state index contributed by atoms with van der Waals surface area (Å²) in [5.41, 5.74) is 0.930. The van der Waals surface area contributed by atoms with E-state index in [2.05, 4.69) is 6.92 Å². The van der Waals surface area contributed by atoms with Crippen molar-refractivity contribution in [2.24, 2.45) is 5.92 Å². The molecule has 0 saturated carbocycles. The Bertz CT molecular complexity index is 526. The quantitative estimate of drug-likeness (QED) is 0.424. The molecule has 0 saturated heterocycles. The van der Waals surface area contributed by atoms with E-state index in [4.69, 9.17) is 5.11 Å². The van der Waals surface area contributed by atoms with Gasteiger partial charge in [-0.3, -0.25) is 14.4 Å². The second-order valence-corrected chi connectivity index (χ2v) is 6.19. The molecule has 0 aromatic heterocycles. The van der Waals surface area contributed by atoms with Crippen molar-refractivity contribution in [2.45, 2.75) is 64.7 Å². The summed E-state index contributed by atoms with van der Waals surface area (Å²) >= 11 is 0. The Morgan fingerprint density at radius 1 is 1.12 bits per heavy atom. The van der Waals surface area contributed by atoms with E-state index in [1.54, 1.807) is 6.08 Å². The highest BCUT2D eigenvalue weighted by atomic mass is 16.4. The van der Waals surface area contributed by atoms with Crippen molar-refractivity contribution >= 4 is 17.5 Å². The number of hydrogen-bond acceptors (Lipinski definition) is 3. The molecule has 4 heteroatoms. The van der Waals surface area contributed by atoms with Gasteiger partial charge < -0.3 is 5.11 Å². The molecule has 0 bridgehead atoms. The van der Waals surface area contributed by atoms with E-state index in [-0.39, 0.29) is 23.9 Å². The average molecular weight is 332 g/mol. The molecule has 0 amide bonds. The van der Waals surface area contributed by atoms with Gasteiger partial charge in [-0.05, 0) is 37.3 Å². The number of allylic oxidation sites excluding steroid dienone is 6. The number of hydrogen-bond donors (Lipinski definition) is 1. The van der Waals surface area contributed by atoms with Crippen LogP contribution in [0.15, 0.2) is 36.0 Å². The van der Waals surface area contributed by atoms with E-state index < -0.39 is 5.97 Å². The third kappa shape index (κ3) is 8.04. The Balaban J connectivity index is 2.40. The van der Waals surface area contributed by atoms with Crippen LogP contribution < -0.4 is 0 Å². The summed E-state index contributed by atoms with van der Waals surface area (Å²) < 4.78 is 0. The molecule has 1 rings (SSSR count). The Hall–Kier alpha value is -1.97. The van der Waals surface area contributed by atoms with Crippen molar-refractivity contribution in [3.05, 3.63) is 36.0 Å². The van der Waals surface area contributed by atoms with Crippen LogP contribution in [0, 0.1) is 5.92 Å². The third-order valence-electron chi connectivity index (χ3n) is 4.11. The maximum atomic E-state index is 11.9. The van der Waals surface area contributed by atoms with Crippen molar-refractivity contribution in [3.63, 3.8) is 0 Å². The SMILES string of the molecule is CCCCCC(=O)CC=C1C=CC(=O)[C@@H]1CC=CCCCC(=O)O. The first kappa shape index (κ1) is 20.1. The molecule has 1 aliphatic rings. The van der Waals surface area contributed by atoms with Crippen molar-refractivity contribution < 1.29 is 19.5 Å². The van der Waals surface area contributed by atoms with Crippen LogP contribution in [0.4, 0.5) is 0 Å². The van der Waals surface area contributed by atoms with Crippen LogP contribution in [-0.2, 0) is 14.4 Å². The highest BCUT2D eigenvalue weighted by Crippen LogP contribution is 2.26. The van der Waals surface area contributed by atoms with Gasteiger partial charge >= 0.3 is 5.97 Å². The molecule has 24 heavy (non-hydrogen) atoms. The monoisotopic (exact) mass is 332 g/mol. The van der Waals surface area contributed by atoms with Crippen LogP contribution in [0.2, 0.25) is 0 Å². The molecule has 1 atom stereocenters. The lowest BCUT2D eigenvalue weighted by molar-refractivity contribution is -0.137. The number of carboxylic acid groups (broad SMARTS) is 1. The van der Waals surface area contributed by atoms with E-state index in [9.17, 15) is 14.4 Å². The van der Waals surface area contributed by atoms with E-state index in [0.717, 1.165) is 24.8 Å². The predicted octanol–water partition coefficient (Wildman–Crippen LogP) is 4.41. The number of rotatable bonds is 12. The van der Waals surface area contributed by atoms with Crippen LogP contribution in [0.1, 0.15) is 64.7 Å². The molecule has 132 valence electrons. The number of ketones is 2. The van der Waals surface area contributed by atoms with Gasteiger partial charge in [0.1, 0.15) is 5.78 Å². The van der Waals surface area contributed by atoms with Gasteiger partial charge in [0.15, 0.2) is 5.78 Å². The van der Waals surface area contributed by atoms with Gasteiger partial charge in [-0.25, -0.2) is 0 Å². The van der Waals surface area contributed by atoms with Crippen LogP contribution in [0.5, 0.6) is 0 Å². The Labute approximate surface area is 144 Å². The van der Waals surface area contributed by atoms with E-state index >= 15 is 0 Å². The summed E-state index contributed by atoms with van der Waals surface area (Å²) in [5.74, 6) is -0.668. The Kier molecular flexibility index (Phi) is 9.66. The lowest BCUT2D eigenvalue weighted by Crippen LogP contribution is -2.08. The third-order valence-corrected chi connectivity index (χ3v) is 4.11. The highest BCUT2D eigenvalue weighted by molar-refractivity contribution is 5.98. The van der Waals surface area contributed by atoms with Gasteiger partial charge in [-0.1, -0.05) is 44.1 Å². The maximum absolute atomic E-state index is 11.9. The topological polar surface area (TPSA) is 71.4 Å². The zero-order valence-electron chi connectivity index (χ0n) is 14.5. The predicted molar refractivity (Wildman–Crippen MR) is 94.7 cm³/mol. The van der Waals surface area contributed by atoms with Crippen LogP contribution in [0.3, 0.4) is 0 Å². The first-order valence-corrected chi connectivity index (χ1v) is 8.85. The second kappa shape index (κ2) is 11.5. The molecule has 0 radical (unpaired) electrons. The van der Waals surface area contributed by atoms with Crippen LogP contribution in [0.25, 0.3) is 0 Å². The fraction of sp³-hybridized carbons (Fsp3) is 0.550. The number of unbranched alkanes of at least 4 members (excludes halogenated alkanes) is 3. The molecule has 1 aliphatic carbocycles. The minimum atomic E-state index is -0.785. The summed E-state index contributed by atoms with van der Waals surface area (Å²) in [6, 6.07) is 0. The summed E-state index contributed by atoms with van der Waals surface area (Å²) in [6.07, 6.45) is 15.4. The van der Waals surface area contributed by atoms with Crippen molar-refractivity contribution in [1.29, 1.82) is 0 Å². The van der Waals surface area contributed by atoms with Crippen LogP contribution in [-0.4, -0.2) is 22.6 Å². The Morgan fingerprint density at radius 2 is 1.92 bits per heavy atom. The first-order chi connectivity index (χ1) is 11.5. The summed E-state index contributed by atoms with van der Waals surface area (Å²) in [4.78, 5) is 34.2. The summed E-state index contributed by atoms with van der Waals surface area (Å²) in [6.45, 7) is 2.11. The van der Waals surface area contributed by atoms with Crippen molar-refractivity contribution in [3.8, 4) is 0 Å². The Morgan fingerprint density at radius 3 is 2.62 bits per heavy atom. The van der Waals surface area contributed by atoms with Crippen LogP contribution >= 0.6 is 0 Å². The maximum Gasteiger partial charge on any atom is 0.303 e.